The fourth-order valence-corrected chi connectivity index (χ4v) is 3.66. The van der Waals surface area contributed by atoms with Gasteiger partial charge in [-0.15, -0.1) is 11.3 Å². The molecule has 108 valence electrons. The van der Waals surface area contributed by atoms with Crippen LogP contribution in [0.1, 0.15) is 50.2 Å². The Morgan fingerprint density at radius 2 is 1.95 bits per heavy atom. The molecule has 0 radical (unpaired) electrons. The number of thiophene rings is 1. The first kappa shape index (κ1) is 16.9. The van der Waals surface area contributed by atoms with E-state index in [9.17, 15) is 4.79 Å². The van der Waals surface area contributed by atoms with Crippen LogP contribution in [0.25, 0.3) is 0 Å². The Hall–Kier alpha value is -0.190. The van der Waals surface area contributed by atoms with E-state index >= 15 is 0 Å². The van der Waals surface area contributed by atoms with Crippen LogP contribution in [0.15, 0.2) is 15.9 Å². The zero-order chi connectivity index (χ0) is 14.4. The molecule has 0 unspecified atom stereocenters. The van der Waals surface area contributed by atoms with Gasteiger partial charge in [-0.1, -0.05) is 27.7 Å². The van der Waals surface area contributed by atoms with Gasteiger partial charge in [-0.3, -0.25) is 9.69 Å². The second kappa shape index (κ2) is 8.18. The standard InChI is InChI=1S/C15H24BrNOS/c1-5-12(6-2)17(9-11(3)4)10-13(18)14-7-8-15(16)19-14/h7-8,11-12H,5-6,9-10H2,1-4H3. The van der Waals surface area contributed by atoms with Crippen LogP contribution in [0, 0.1) is 5.92 Å². The predicted octanol–water partition coefficient (Wildman–Crippen LogP) is 4.84. The highest BCUT2D eigenvalue weighted by molar-refractivity contribution is 9.11. The van der Waals surface area contributed by atoms with E-state index < -0.39 is 0 Å². The zero-order valence-electron chi connectivity index (χ0n) is 12.3. The second-order valence-corrected chi connectivity index (χ2v) is 7.78. The van der Waals surface area contributed by atoms with Gasteiger partial charge in [0.2, 0.25) is 0 Å². The third-order valence-corrected chi connectivity index (χ3v) is 4.92. The van der Waals surface area contributed by atoms with Crippen molar-refractivity contribution in [2.75, 3.05) is 13.1 Å². The molecule has 19 heavy (non-hydrogen) atoms. The van der Waals surface area contributed by atoms with Crippen LogP contribution in [-0.2, 0) is 0 Å². The molecule has 0 aliphatic carbocycles. The van der Waals surface area contributed by atoms with Gasteiger partial charge in [0.15, 0.2) is 5.78 Å². The maximum Gasteiger partial charge on any atom is 0.186 e. The van der Waals surface area contributed by atoms with Gasteiger partial charge >= 0.3 is 0 Å². The Morgan fingerprint density at radius 1 is 1.32 bits per heavy atom. The molecule has 0 N–H and O–H groups in total. The fourth-order valence-electron chi connectivity index (χ4n) is 2.34. The molecule has 0 spiro atoms. The molecule has 0 aromatic carbocycles. The number of hydrogen-bond acceptors (Lipinski definition) is 3. The molecule has 0 amide bonds. The Labute approximate surface area is 129 Å². The lowest BCUT2D eigenvalue weighted by molar-refractivity contribution is 0.0870. The monoisotopic (exact) mass is 345 g/mol. The molecule has 0 aliphatic heterocycles. The smallest absolute Gasteiger partial charge is 0.186 e. The summed E-state index contributed by atoms with van der Waals surface area (Å²) >= 11 is 4.94. The number of halogens is 1. The topological polar surface area (TPSA) is 20.3 Å². The third-order valence-electron chi connectivity index (χ3n) is 3.25. The molecular formula is C15H24BrNOS. The van der Waals surface area contributed by atoms with Crippen molar-refractivity contribution in [2.45, 2.75) is 46.6 Å². The van der Waals surface area contributed by atoms with E-state index in [1.165, 1.54) is 11.3 Å². The van der Waals surface area contributed by atoms with Crippen LogP contribution < -0.4 is 0 Å². The highest BCUT2D eigenvalue weighted by Gasteiger charge is 2.20. The molecule has 0 aliphatic rings. The maximum atomic E-state index is 12.3. The Bertz CT molecular complexity index is 399. The minimum absolute atomic E-state index is 0.239. The molecule has 1 heterocycles. The first-order valence-corrected chi connectivity index (χ1v) is 8.61. The van der Waals surface area contributed by atoms with Crippen LogP contribution in [-0.4, -0.2) is 29.8 Å². The van der Waals surface area contributed by atoms with Gasteiger partial charge in [0.1, 0.15) is 0 Å². The molecule has 0 saturated carbocycles. The molecule has 0 bridgehead atoms. The van der Waals surface area contributed by atoms with Crippen molar-refractivity contribution in [1.82, 2.24) is 4.90 Å². The van der Waals surface area contributed by atoms with Gasteiger partial charge in [0.25, 0.3) is 0 Å². The predicted molar refractivity (Wildman–Crippen MR) is 87.1 cm³/mol. The molecule has 0 fully saturated rings. The second-order valence-electron chi connectivity index (χ2n) is 5.32. The summed E-state index contributed by atoms with van der Waals surface area (Å²) in [6.07, 6.45) is 2.20. The highest BCUT2D eigenvalue weighted by atomic mass is 79.9. The lowest BCUT2D eigenvalue weighted by Crippen LogP contribution is -2.40. The molecule has 1 aromatic rings. The van der Waals surface area contributed by atoms with Crippen molar-refractivity contribution in [3.63, 3.8) is 0 Å². The Kier molecular flexibility index (Phi) is 7.26. The third kappa shape index (κ3) is 5.36. The molecule has 1 aromatic heterocycles. The van der Waals surface area contributed by atoms with Crippen molar-refractivity contribution in [3.05, 3.63) is 20.8 Å². The maximum absolute atomic E-state index is 12.3. The average Bonchev–Trinajstić information content (AvgIpc) is 2.76. The Morgan fingerprint density at radius 3 is 2.37 bits per heavy atom. The van der Waals surface area contributed by atoms with Gasteiger partial charge in [0.05, 0.1) is 15.2 Å². The minimum Gasteiger partial charge on any atom is -0.293 e. The van der Waals surface area contributed by atoms with E-state index in [2.05, 4.69) is 48.5 Å². The van der Waals surface area contributed by atoms with E-state index in [0.717, 1.165) is 28.0 Å². The SMILES string of the molecule is CCC(CC)N(CC(=O)c1ccc(Br)s1)CC(C)C. The summed E-state index contributed by atoms with van der Waals surface area (Å²) < 4.78 is 1.02. The zero-order valence-corrected chi connectivity index (χ0v) is 14.7. The molecular weight excluding hydrogens is 322 g/mol. The van der Waals surface area contributed by atoms with E-state index in [4.69, 9.17) is 0 Å². The number of nitrogens with zero attached hydrogens (tertiary/aromatic N) is 1. The molecule has 4 heteroatoms. The number of hydrogen-bond donors (Lipinski definition) is 0. The van der Waals surface area contributed by atoms with Crippen LogP contribution in [0.4, 0.5) is 0 Å². The minimum atomic E-state index is 0.239. The van der Waals surface area contributed by atoms with Crippen LogP contribution >= 0.6 is 27.3 Å². The molecule has 0 saturated heterocycles. The average molecular weight is 346 g/mol. The first-order chi connectivity index (χ1) is 8.97. The Balaban J connectivity index is 2.73. The number of carbonyl (C=O) groups excluding carboxylic acids is 1. The number of rotatable bonds is 8. The quantitative estimate of drug-likeness (QED) is 0.628. The normalized spacial score (nSPS) is 11.8. The van der Waals surface area contributed by atoms with Gasteiger partial charge in [0, 0.05) is 12.6 Å². The largest absolute Gasteiger partial charge is 0.293 e. The van der Waals surface area contributed by atoms with E-state index in [1.807, 2.05) is 12.1 Å². The van der Waals surface area contributed by atoms with Crippen LogP contribution in [0.2, 0.25) is 0 Å². The number of ketones is 1. The number of carbonyl (C=O) groups is 1. The van der Waals surface area contributed by atoms with E-state index in [1.54, 1.807) is 0 Å². The van der Waals surface area contributed by atoms with Crippen molar-refractivity contribution < 1.29 is 4.79 Å². The van der Waals surface area contributed by atoms with Crippen LogP contribution in [0.3, 0.4) is 0 Å². The van der Waals surface area contributed by atoms with Gasteiger partial charge in [-0.25, -0.2) is 0 Å². The lowest BCUT2D eigenvalue weighted by Gasteiger charge is -2.31. The highest BCUT2D eigenvalue weighted by Crippen LogP contribution is 2.23. The summed E-state index contributed by atoms with van der Waals surface area (Å²) in [4.78, 5) is 15.5. The van der Waals surface area contributed by atoms with E-state index in [-0.39, 0.29) is 5.78 Å². The van der Waals surface area contributed by atoms with Crippen molar-refractivity contribution in [3.8, 4) is 0 Å². The summed E-state index contributed by atoms with van der Waals surface area (Å²) in [6, 6.07) is 4.37. The molecule has 1 rings (SSSR count). The van der Waals surface area contributed by atoms with Crippen molar-refractivity contribution >= 4 is 33.0 Å². The summed E-state index contributed by atoms with van der Waals surface area (Å²) in [5.74, 6) is 0.826. The summed E-state index contributed by atoms with van der Waals surface area (Å²) in [7, 11) is 0. The fraction of sp³-hybridized carbons (Fsp3) is 0.667. The van der Waals surface area contributed by atoms with E-state index in [0.29, 0.717) is 18.5 Å². The summed E-state index contributed by atoms with van der Waals surface area (Å²) in [5.41, 5.74) is 0. The van der Waals surface area contributed by atoms with Gasteiger partial charge in [-0.05, 0) is 46.8 Å². The summed E-state index contributed by atoms with van der Waals surface area (Å²) in [6.45, 7) is 10.4. The molecule has 2 nitrogen and oxygen atoms in total. The number of Topliss-reactive ketones (excluding diaryl/α,β-unsaturated/α-hetero) is 1. The van der Waals surface area contributed by atoms with Crippen molar-refractivity contribution in [1.29, 1.82) is 0 Å². The van der Waals surface area contributed by atoms with Gasteiger partial charge < -0.3 is 0 Å². The molecule has 0 atom stereocenters. The first-order valence-electron chi connectivity index (χ1n) is 7.00. The lowest BCUT2D eigenvalue weighted by atomic mass is 10.1. The van der Waals surface area contributed by atoms with Crippen LogP contribution in [0.5, 0.6) is 0 Å². The van der Waals surface area contributed by atoms with Gasteiger partial charge in [-0.2, -0.15) is 0 Å². The van der Waals surface area contributed by atoms with Crippen molar-refractivity contribution in [2.24, 2.45) is 5.92 Å². The summed E-state index contributed by atoms with van der Waals surface area (Å²) in [5, 5.41) is 0.